The van der Waals surface area contributed by atoms with Crippen LogP contribution in [-0.4, -0.2) is 39.8 Å². The van der Waals surface area contributed by atoms with Crippen molar-refractivity contribution >= 4 is 46.4 Å². The smallest absolute Gasteiger partial charge is 0.164 e. The van der Waals surface area contributed by atoms with Gasteiger partial charge < -0.3 is 20.2 Å². The molecule has 9 heteroatoms. The Labute approximate surface area is 506 Å². The minimum atomic E-state index is -1.29. The van der Waals surface area contributed by atoms with E-state index in [4.69, 9.17) is 0 Å². The monoisotopic (exact) mass is 1440 g/mol. The predicted molar refractivity (Wildman–Crippen MR) is 332 cm³/mol. The molecule has 0 unspecified atom stereocenters. The summed E-state index contributed by atoms with van der Waals surface area (Å²) in [5.41, 5.74) is 9.97. The zero-order valence-electron chi connectivity index (χ0n) is 51.2. The van der Waals surface area contributed by atoms with Crippen molar-refractivity contribution in [3.8, 4) is 22.5 Å². The van der Waals surface area contributed by atoms with E-state index in [1.165, 1.54) is 86.8 Å². The molecule has 4 aromatic carbocycles. The maximum atomic E-state index is 12.0. The van der Waals surface area contributed by atoms with E-state index >= 15 is 0 Å². The van der Waals surface area contributed by atoms with Gasteiger partial charge in [0, 0.05) is 87.4 Å². The number of nitrogens with zero attached hydrogens (tertiary/aromatic N) is 2. The number of carbonyl (C=O) groups excluding carboxylic acids is 2. The fraction of sp³-hybridized carbons (Fsp3) is 0.486. The van der Waals surface area contributed by atoms with Gasteiger partial charge in [-0.2, -0.15) is 0 Å². The normalized spacial score (nSPS) is 13.2. The number of aliphatic hydroxyl groups is 2. The second kappa shape index (κ2) is 32.9. The van der Waals surface area contributed by atoms with Crippen molar-refractivity contribution in [1.29, 1.82) is 0 Å². The van der Waals surface area contributed by atoms with Crippen molar-refractivity contribution in [3.05, 3.63) is 149 Å². The van der Waals surface area contributed by atoms with Crippen molar-refractivity contribution < 1.29 is 60.0 Å². The Hall–Kier alpha value is -4.36. The molecule has 1 saturated carbocycles. The van der Waals surface area contributed by atoms with Gasteiger partial charge in [0.15, 0.2) is 11.6 Å². The summed E-state index contributed by atoms with van der Waals surface area (Å²) in [5, 5.41) is 26.3. The number of pyridine rings is 2. The van der Waals surface area contributed by atoms with Crippen molar-refractivity contribution in [2.75, 3.05) is 0 Å². The van der Waals surface area contributed by atoms with Crippen LogP contribution in [0, 0.1) is 62.5 Å². The number of aromatic nitrogens is 2. The van der Waals surface area contributed by atoms with Crippen LogP contribution in [0.4, 0.5) is 0 Å². The van der Waals surface area contributed by atoms with Gasteiger partial charge in [-0.15, -0.1) is 69.8 Å². The third kappa shape index (κ3) is 19.7. The van der Waals surface area contributed by atoms with Crippen LogP contribution in [0.1, 0.15) is 180 Å². The number of allylic oxidation sites excluding steroid dienone is 4. The molecule has 2 radical (unpaired) electrons. The fourth-order valence-electron chi connectivity index (χ4n) is 10.3. The first-order valence-electron chi connectivity index (χ1n) is 29.1. The number of aliphatic hydroxyl groups excluding tert-OH is 2. The SMILES string of the molecule is CCC(CC)C(O)=CC(=O)C(C)(CC)CC.CCC(CC)C(O)=CC(=O)C(C)(CC)CC.Cc1[c-]c(-c2nccc3cc(C4CCCC4)ccc23)cc(C)c1.Cc1[c-]c(-c2nccc3cc([Si](C)(C)C)ccc23)cc(C)c1.[Ir].[Ir]. The molecule has 0 saturated heterocycles. The van der Waals surface area contributed by atoms with Crippen molar-refractivity contribution in [1.82, 2.24) is 9.97 Å². The van der Waals surface area contributed by atoms with Crippen LogP contribution in [0.15, 0.2) is 109 Å². The third-order valence-corrected chi connectivity index (χ3v) is 18.8. The summed E-state index contributed by atoms with van der Waals surface area (Å²) in [4.78, 5) is 33.4. The summed E-state index contributed by atoms with van der Waals surface area (Å²) in [5.74, 6) is 1.63. The Bertz CT molecular complexity index is 2860. The zero-order chi connectivity index (χ0) is 57.3. The molecule has 0 atom stereocenters. The molecule has 1 aliphatic rings. The van der Waals surface area contributed by atoms with Crippen molar-refractivity contribution in [2.45, 2.75) is 200 Å². The van der Waals surface area contributed by atoms with Gasteiger partial charge in [0.1, 0.15) is 0 Å². The molecular weight excluding hydrogens is 1350 g/mol. The summed E-state index contributed by atoms with van der Waals surface area (Å²) >= 11 is 0. The van der Waals surface area contributed by atoms with E-state index in [1.54, 1.807) is 0 Å². The summed E-state index contributed by atoms with van der Waals surface area (Å²) in [7, 11) is -1.29. The summed E-state index contributed by atoms with van der Waals surface area (Å²) in [6, 6.07) is 33.6. The van der Waals surface area contributed by atoms with Crippen LogP contribution < -0.4 is 5.19 Å². The van der Waals surface area contributed by atoms with Crippen LogP contribution in [0.25, 0.3) is 44.1 Å². The minimum Gasteiger partial charge on any atom is -0.512 e. The van der Waals surface area contributed by atoms with Crippen LogP contribution in [0.3, 0.4) is 0 Å². The van der Waals surface area contributed by atoms with E-state index in [0.717, 1.165) is 85.4 Å². The summed E-state index contributed by atoms with van der Waals surface area (Å²) < 4.78 is 0. The maximum Gasteiger partial charge on any atom is 0.164 e. The molecule has 2 heterocycles. The zero-order valence-corrected chi connectivity index (χ0v) is 57.0. The van der Waals surface area contributed by atoms with E-state index in [2.05, 4.69) is 142 Å². The van der Waals surface area contributed by atoms with Gasteiger partial charge in [0.25, 0.3) is 0 Å². The van der Waals surface area contributed by atoms with Gasteiger partial charge in [-0.3, -0.25) is 9.59 Å². The molecule has 1 fully saturated rings. The van der Waals surface area contributed by atoms with Gasteiger partial charge in [0.2, 0.25) is 0 Å². The van der Waals surface area contributed by atoms with Gasteiger partial charge in [-0.25, -0.2) is 0 Å². The average molecular weight is 1440 g/mol. The molecule has 1 aliphatic carbocycles. The largest absolute Gasteiger partial charge is 0.512 e. The number of hydrogen-bond donors (Lipinski definition) is 2. The molecule has 79 heavy (non-hydrogen) atoms. The van der Waals surface area contributed by atoms with Gasteiger partial charge >= 0.3 is 0 Å². The summed E-state index contributed by atoms with van der Waals surface area (Å²) in [6.45, 7) is 35.7. The molecule has 0 spiro atoms. The van der Waals surface area contributed by atoms with Gasteiger partial charge in [-0.1, -0.05) is 171 Å². The van der Waals surface area contributed by atoms with Crippen LogP contribution in [0.2, 0.25) is 19.6 Å². The first-order chi connectivity index (χ1) is 36.4. The number of carbonyl (C=O) groups is 2. The molecule has 7 rings (SSSR count). The molecular formula is C70H96Ir2N2O4Si-2. The fourth-order valence-corrected chi connectivity index (χ4v) is 11.5. The molecule has 6 aromatic rings. The van der Waals surface area contributed by atoms with Gasteiger partial charge in [-0.05, 0) is 121 Å². The Kier molecular flexibility index (Phi) is 29.5. The predicted octanol–water partition coefficient (Wildman–Crippen LogP) is 19.4. The number of fused-ring (bicyclic) bond motifs is 2. The second-order valence-electron chi connectivity index (χ2n) is 23.4. The molecule has 2 N–H and O–H groups in total. The number of rotatable bonds is 18. The number of hydrogen-bond acceptors (Lipinski definition) is 6. The average Bonchev–Trinajstić information content (AvgIpc) is 3.96. The van der Waals surface area contributed by atoms with Crippen LogP contribution in [0.5, 0.6) is 0 Å². The number of ketones is 2. The maximum absolute atomic E-state index is 12.0. The minimum absolute atomic E-state index is 0. The quantitative estimate of drug-likeness (QED) is 0.0385. The molecule has 0 aliphatic heterocycles. The topological polar surface area (TPSA) is 100 Å². The molecule has 0 bridgehead atoms. The first kappa shape index (κ1) is 70.7. The van der Waals surface area contributed by atoms with Crippen molar-refractivity contribution in [2.24, 2.45) is 22.7 Å². The van der Waals surface area contributed by atoms with E-state index in [0.29, 0.717) is 0 Å². The van der Waals surface area contributed by atoms with E-state index in [9.17, 15) is 19.8 Å². The Morgan fingerprint density at radius 3 is 1.32 bits per heavy atom. The molecule has 6 nitrogen and oxygen atoms in total. The van der Waals surface area contributed by atoms with E-state index in [-0.39, 0.29) is 86.0 Å². The Morgan fingerprint density at radius 1 is 0.582 bits per heavy atom. The second-order valence-corrected chi connectivity index (χ2v) is 28.5. The Morgan fingerprint density at radius 2 is 0.962 bits per heavy atom. The van der Waals surface area contributed by atoms with E-state index in [1.807, 2.05) is 81.6 Å². The van der Waals surface area contributed by atoms with Crippen molar-refractivity contribution in [3.63, 3.8) is 0 Å². The first-order valence-corrected chi connectivity index (χ1v) is 32.6. The third-order valence-electron chi connectivity index (χ3n) is 16.7. The van der Waals surface area contributed by atoms with E-state index < -0.39 is 8.07 Å². The summed E-state index contributed by atoms with van der Waals surface area (Å²) in [6.07, 6.45) is 18.9. The molecule has 0 amide bonds. The van der Waals surface area contributed by atoms with Gasteiger partial charge in [0.05, 0.1) is 19.6 Å². The molecule has 2 aromatic heterocycles. The number of benzene rings is 4. The number of aryl methyl sites for hydroxylation is 4. The van der Waals surface area contributed by atoms with Crippen LogP contribution in [-0.2, 0) is 49.8 Å². The standard InChI is InChI=1S/C22H22N.C20H22NSi.2C14H26O2.2Ir/c1-15-11-16(2)13-20(12-15)22-21-8-7-18(17-5-3-4-6-17)14-19(21)9-10-23-22;1-14-10-15(2)12-17(11-14)20-19-7-6-18(22(3,4)5)13-16(19)8-9-21-20;2*1-6-11(7-2)12(15)10-13(16)14(5,8-3)9-4;;/h7-12,14,17H,3-6H2,1-2H3;6-11,13H,1-5H3;2*10-11,15H,6-9H2,1-5H3;;/q2*-1;;;;. The molecule has 434 valence electrons. The Balaban J connectivity index is 0.000000363. The van der Waals surface area contributed by atoms with Crippen LogP contribution >= 0.6 is 0 Å².